The Morgan fingerprint density at radius 1 is 0.952 bits per heavy atom. The van der Waals surface area contributed by atoms with E-state index in [4.69, 9.17) is 0 Å². The normalized spacial score (nSPS) is 15.0. The van der Waals surface area contributed by atoms with Gasteiger partial charge in [0.05, 0.1) is 6.04 Å². The lowest BCUT2D eigenvalue weighted by molar-refractivity contribution is 0.359. The molecule has 110 valence electrons. The Labute approximate surface area is 127 Å². The Morgan fingerprint density at radius 3 is 2.00 bits per heavy atom. The summed E-state index contributed by atoms with van der Waals surface area (Å²) in [6, 6.07) is 18.4. The number of benzene rings is 2. The minimum Gasteiger partial charge on any atom is -0.309 e. The number of hydrogen-bond acceptors (Lipinski definition) is 2. The van der Waals surface area contributed by atoms with Crippen LogP contribution in [0.4, 0.5) is 0 Å². The van der Waals surface area contributed by atoms with Crippen molar-refractivity contribution in [3.05, 3.63) is 59.7 Å². The molecule has 2 heteroatoms. The quantitative estimate of drug-likeness (QED) is 0.898. The van der Waals surface area contributed by atoms with Gasteiger partial charge in [-0.2, -0.15) is 0 Å². The lowest BCUT2D eigenvalue weighted by atomic mass is 10.0. The van der Waals surface area contributed by atoms with Crippen LogP contribution in [0.5, 0.6) is 0 Å². The van der Waals surface area contributed by atoms with Crippen LogP contribution in [0.1, 0.15) is 30.5 Å². The molecule has 0 bridgehead atoms. The molecule has 2 aromatic carbocycles. The zero-order valence-corrected chi connectivity index (χ0v) is 13.1. The average molecular weight is 280 g/mol. The molecule has 21 heavy (non-hydrogen) atoms. The van der Waals surface area contributed by atoms with Crippen LogP contribution in [0.3, 0.4) is 0 Å². The highest BCUT2D eigenvalue weighted by atomic mass is 15.1. The van der Waals surface area contributed by atoms with E-state index in [1.54, 1.807) is 0 Å². The Hall–Kier alpha value is -1.64. The smallest absolute Gasteiger partial charge is 0.0591 e. The largest absolute Gasteiger partial charge is 0.309 e. The van der Waals surface area contributed by atoms with Crippen LogP contribution in [-0.2, 0) is 0 Å². The summed E-state index contributed by atoms with van der Waals surface area (Å²) in [5, 5.41) is 3.82. The van der Waals surface area contributed by atoms with Crippen molar-refractivity contribution in [2.45, 2.75) is 25.4 Å². The van der Waals surface area contributed by atoms with E-state index in [9.17, 15) is 0 Å². The van der Waals surface area contributed by atoms with Crippen molar-refractivity contribution in [3.63, 3.8) is 0 Å². The standard InChI is InChI=1S/C19H24N2/c1-14(12-13-21(2)3)20-19-17-10-6-4-8-15(17)16-9-5-7-11-18(16)19/h4-11,14,19-20H,12-13H2,1-3H3. The first-order chi connectivity index (χ1) is 10.2. The first kappa shape index (κ1) is 14.3. The van der Waals surface area contributed by atoms with Gasteiger partial charge in [-0.05, 0) is 56.2 Å². The molecule has 1 unspecified atom stereocenters. The number of fused-ring (bicyclic) bond motifs is 3. The summed E-state index contributed by atoms with van der Waals surface area (Å²) in [5.41, 5.74) is 5.58. The van der Waals surface area contributed by atoms with Gasteiger partial charge in [-0.3, -0.25) is 0 Å². The van der Waals surface area contributed by atoms with Crippen LogP contribution in [0.25, 0.3) is 11.1 Å². The molecule has 1 aliphatic rings. The minimum atomic E-state index is 0.328. The molecule has 3 rings (SSSR count). The lowest BCUT2D eigenvalue weighted by Gasteiger charge is -2.23. The van der Waals surface area contributed by atoms with E-state index in [-0.39, 0.29) is 0 Å². The van der Waals surface area contributed by atoms with Crippen LogP contribution in [0.15, 0.2) is 48.5 Å². The average Bonchev–Trinajstić information content (AvgIpc) is 2.80. The third-order valence-corrected chi connectivity index (χ3v) is 4.29. The summed E-state index contributed by atoms with van der Waals surface area (Å²) in [7, 11) is 4.26. The van der Waals surface area contributed by atoms with Gasteiger partial charge in [-0.1, -0.05) is 48.5 Å². The molecule has 0 amide bonds. The van der Waals surface area contributed by atoms with E-state index in [1.807, 2.05) is 0 Å². The molecule has 0 aromatic heterocycles. The van der Waals surface area contributed by atoms with Crippen molar-refractivity contribution < 1.29 is 0 Å². The van der Waals surface area contributed by atoms with Crippen molar-refractivity contribution in [1.82, 2.24) is 10.2 Å². The predicted octanol–water partition coefficient (Wildman–Crippen LogP) is 3.69. The fourth-order valence-corrected chi connectivity index (χ4v) is 3.15. The summed E-state index contributed by atoms with van der Waals surface area (Å²) >= 11 is 0. The third-order valence-electron chi connectivity index (χ3n) is 4.29. The molecule has 0 spiro atoms. The molecule has 0 heterocycles. The highest BCUT2D eigenvalue weighted by Gasteiger charge is 2.28. The van der Waals surface area contributed by atoms with Gasteiger partial charge in [0.15, 0.2) is 0 Å². The van der Waals surface area contributed by atoms with Gasteiger partial charge in [0.25, 0.3) is 0 Å². The van der Waals surface area contributed by atoms with Gasteiger partial charge in [-0.15, -0.1) is 0 Å². The second-order valence-corrected chi connectivity index (χ2v) is 6.27. The van der Waals surface area contributed by atoms with Gasteiger partial charge in [0.1, 0.15) is 0 Å². The fraction of sp³-hybridized carbons (Fsp3) is 0.368. The maximum absolute atomic E-state index is 3.82. The van der Waals surface area contributed by atoms with E-state index < -0.39 is 0 Å². The summed E-state index contributed by atoms with van der Waals surface area (Å²) in [6.45, 7) is 3.40. The summed E-state index contributed by atoms with van der Waals surface area (Å²) < 4.78 is 0. The molecular formula is C19H24N2. The van der Waals surface area contributed by atoms with Crippen molar-refractivity contribution in [1.29, 1.82) is 0 Å². The van der Waals surface area contributed by atoms with Crippen molar-refractivity contribution in [3.8, 4) is 11.1 Å². The van der Waals surface area contributed by atoms with E-state index in [0.29, 0.717) is 12.1 Å². The van der Waals surface area contributed by atoms with Crippen LogP contribution in [0.2, 0.25) is 0 Å². The van der Waals surface area contributed by atoms with E-state index in [0.717, 1.165) is 13.0 Å². The third kappa shape index (κ3) is 2.87. The first-order valence-corrected chi connectivity index (χ1v) is 7.76. The summed E-state index contributed by atoms with van der Waals surface area (Å²) in [6.07, 6.45) is 1.16. The molecule has 0 aliphatic heterocycles. The molecular weight excluding hydrogens is 256 g/mol. The molecule has 0 saturated heterocycles. The van der Waals surface area contributed by atoms with E-state index in [2.05, 4.69) is 79.8 Å². The predicted molar refractivity (Wildman–Crippen MR) is 89.5 cm³/mol. The lowest BCUT2D eigenvalue weighted by Crippen LogP contribution is -2.32. The summed E-state index contributed by atoms with van der Waals surface area (Å²) in [5.74, 6) is 0. The van der Waals surface area contributed by atoms with Gasteiger partial charge in [-0.25, -0.2) is 0 Å². The molecule has 0 saturated carbocycles. The topological polar surface area (TPSA) is 15.3 Å². The molecule has 2 aromatic rings. The van der Waals surface area contributed by atoms with Crippen LogP contribution < -0.4 is 5.32 Å². The van der Waals surface area contributed by atoms with Crippen molar-refractivity contribution >= 4 is 0 Å². The van der Waals surface area contributed by atoms with Gasteiger partial charge >= 0.3 is 0 Å². The number of nitrogens with one attached hydrogen (secondary N) is 1. The maximum atomic E-state index is 3.82. The highest BCUT2D eigenvalue weighted by Crippen LogP contribution is 2.43. The van der Waals surface area contributed by atoms with E-state index >= 15 is 0 Å². The molecule has 2 nitrogen and oxygen atoms in total. The zero-order chi connectivity index (χ0) is 14.8. The molecule has 0 fully saturated rings. The van der Waals surface area contributed by atoms with Crippen LogP contribution in [-0.4, -0.2) is 31.6 Å². The Morgan fingerprint density at radius 2 is 1.48 bits per heavy atom. The van der Waals surface area contributed by atoms with E-state index in [1.165, 1.54) is 22.3 Å². The SMILES string of the molecule is CC(CCN(C)C)NC1c2ccccc2-c2ccccc21. The Kier molecular flexibility index (Phi) is 4.09. The minimum absolute atomic E-state index is 0.328. The fourth-order valence-electron chi connectivity index (χ4n) is 3.15. The van der Waals surface area contributed by atoms with Gasteiger partial charge in [0.2, 0.25) is 0 Å². The maximum Gasteiger partial charge on any atom is 0.0591 e. The molecule has 1 atom stereocenters. The molecule has 1 N–H and O–H groups in total. The zero-order valence-electron chi connectivity index (χ0n) is 13.1. The monoisotopic (exact) mass is 280 g/mol. The van der Waals surface area contributed by atoms with Crippen molar-refractivity contribution in [2.75, 3.05) is 20.6 Å². The van der Waals surface area contributed by atoms with Gasteiger partial charge in [0, 0.05) is 6.04 Å². The van der Waals surface area contributed by atoms with Crippen LogP contribution >= 0.6 is 0 Å². The highest BCUT2D eigenvalue weighted by molar-refractivity contribution is 5.78. The molecule has 1 aliphatic carbocycles. The first-order valence-electron chi connectivity index (χ1n) is 7.76. The second kappa shape index (κ2) is 6.00. The Bertz CT molecular complexity index is 573. The van der Waals surface area contributed by atoms with Gasteiger partial charge < -0.3 is 10.2 Å². The molecule has 0 radical (unpaired) electrons. The Balaban J connectivity index is 1.85. The second-order valence-electron chi connectivity index (χ2n) is 6.27. The van der Waals surface area contributed by atoms with Crippen LogP contribution in [0, 0.1) is 0 Å². The van der Waals surface area contributed by atoms with Crippen molar-refractivity contribution in [2.24, 2.45) is 0 Å². The number of rotatable bonds is 5. The summed E-state index contributed by atoms with van der Waals surface area (Å²) in [4.78, 5) is 2.24. The number of nitrogens with zero attached hydrogens (tertiary/aromatic N) is 1. The number of hydrogen-bond donors (Lipinski definition) is 1.